The second-order valence-electron chi connectivity index (χ2n) is 5.23. The Hall–Kier alpha value is -1.29. The minimum absolute atomic E-state index is 0.341. The summed E-state index contributed by atoms with van der Waals surface area (Å²) in [5.74, 6) is 1.12. The zero-order valence-corrected chi connectivity index (χ0v) is 13.6. The Labute approximate surface area is 128 Å². The van der Waals surface area contributed by atoms with Crippen molar-refractivity contribution in [1.82, 2.24) is 9.78 Å². The zero-order valence-electron chi connectivity index (χ0n) is 12.0. The van der Waals surface area contributed by atoms with Crippen LogP contribution in [0.25, 0.3) is 0 Å². The molecule has 1 aliphatic rings. The lowest BCUT2D eigenvalue weighted by Crippen LogP contribution is -2.24. The molecular formula is C16H20BrN3. The molecule has 0 bridgehead atoms. The maximum atomic E-state index is 4.78. The zero-order chi connectivity index (χ0) is 14.1. The average molecular weight is 334 g/mol. The predicted molar refractivity (Wildman–Crippen MR) is 86.4 cm³/mol. The van der Waals surface area contributed by atoms with Gasteiger partial charge in [-0.1, -0.05) is 38.1 Å². The van der Waals surface area contributed by atoms with E-state index >= 15 is 0 Å². The van der Waals surface area contributed by atoms with Crippen LogP contribution in [0.2, 0.25) is 0 Å². The molecule has 0 saturated heterocycles. The first-order valence-corrected chi connectivity index (χ1v) is 8.13. The van der Waals surface area contributed by atoms with E-state index in [-0.39, 0.29) is 0 Å². The second-order valence-corrected chi connectivity index (χ2v) is 6.03. The van der Waals surface area contributed by atoms with Crippen molar-refractivity contribution in [3.05, 3.63) is 45.6 Å². The van der Waals surface area contributed by atoms with E-state index in [1.54, 1.807) is 0 Å². The van der Waals surface area contributed by atoms with Crippen LogP contribution in [-0.4, -0.2) is 16.3 Å². The number of aryl methyl sites for hydroxylation is 2. The molecule has 0 radical (unpaired) electrons. The van der Waals surface area contributed by atoms with Crippen LogP contribution in [0.1, 0.15) is 43.1 Å². The molecule has 2 aromatic rings. The molecule has 0 aliphatic carbocycles. The van der Waals surface area contributed by atoms with Gasteiger partial charge in [0.15, 0.2) is 0 Å². The monoisotopic (exact) mass is 333 g/mol. The Morgan fingerprint density at radius 1 is 1.25 bits per heavy atom. The minimum atomic E-state index is 0.341. The van der Waals surface area contributed by atoms with Gasteiger partial charge in [-0.15, -0.1) is 0 Å². The largest absolute Gasteiger partial charge is 0.369 e. The van der Waals surface area contributed by atoms with Gasteiger partial charge in [-0.3, -0.25) is 0 Å². The van der Waals surface area contributed by atoms with Crippen LogP contribution in [0.5, 0.6) is 0 Å². The van der Waals surface area contributed by atoms with Crippen LogP contribution in [0, 0.1) is 0 Å². The second kappa shape index (κ2) is 5.60. The van der Waals surface area contributed by atoms with Crippen LogP contribution >= 0.6 is 15.9 Å². The SMILES string of the molecule is CCc1ccc(C2CCNc3c(Br)c(CC)nn32)cc1. The fourth-order valence-electron chi connectivity index (χ4n) is 2.80. The summed E-state index contributed by atoms with van der Waals surface area (Å²) in [7, 11) is 0. The van der Waals surface area contributed by atoms with Gasteiger partial charge in [0.2, 0.25) is 0 Å². The Balaban J connectivity index is 2.00. The van der Waals surface area contributed by atoms with Gasteiger partial charge < -0.3 is 5.32 Å². The number of nitrogens with one attached hydrogen (secondary N) is 1. The van der Waals surface area contributed by atoms with Crippen molar-refractivity contribution in [2.45, 2.75) is 39.2 Å². The van der Waals surface area contributed by atoms with E-state index in [1.807, 2.05) is 0 Å². The summed E-state index contributed by atoms with van der Waals surface area (Å²) in [6.07, 6.45) is 3.12. The summed E-state index contributed by atoms with van der Waals surface area (Å²) in [6, 6.07) is 9.31. The van der Waals surface area contributed by atoms with E-state index < -0.39 is 0 Å². The van der Waals surface area contributed by atoms with Crippen LogP contribution in [0.3, 0.4) is 0 Å². The molecule has 3 nitrogen and oxygen atoms in total. The minimum Gasteiger partial charge on any atom is -0.369 e. The van der Waals surface area contributed by atoms with Gasteiger partial charge in [0.1, 0.15) is 5.82 Å². The molecule has 1 N–H and O–H groups in total. The first-order valence-electron chi connectivity index (χ1n) is 7.34. The van der Waals surface area contributed by atoms with Crippen molar-refractivity contribution in [3.63, 3.8) is 0 Å². The molecule has 0 saturated carbocycles. The maximum absolute atomic E-state index is 4.78. The number of hydrogen-bond acceptors (Lipinski definition) is 2. The molecule has 0 spiro atoms. The third-order valence-corrected chi connectivity index (χ3v) is 4.87. The summed E-state index contributed by atoms with van der Waals surface area (Å²) < 4.78 is 3.27. The highest BCUT2D eigenvalue weighted by Gasteiger charge is 2.25. The van der Waals surface area contributed by atoms with Crippen molar-refractivity contribution in [2.75, 3.05) is 11.9 Å². The molecule has 3 rings (SSSR count). The Morgan fingerprint density at radius 2 is 2.00 bits per heavy atom. The molecule has 1 atom stereocenters. The van der Waals surface area contributed by atoms with E-state index in [2.05, 4.69) is 64.0 Å². The van der Waals surface area contributed by atoms with Gasteiger partial charge in [-0.2, -0.15) is 5.10 Å². The fourth-order valence-corrected chi connectivity index (χ4v) is 3.49. The van der Waals surface area contributed by atoms with Crippen LogP contribution < -0.4 is 5.32 Å². The number of rotatable bonds is 3. The van der Waals surface area contributed by atoms with E-state index in [0.717, 1.165) is 41.8 Å². The lowest BCUT2D eigenvalue weighted by molar-refractivity contribution is 0.478. The smallest absolute Gasteiger partial charge is 0.139 e. The normalized spacial score (nSPS) is 17.6. The average Bonchev–Trinajstić information content (AvgIpc) is 2.84. The Kier molecular flexibility index (Phi) is 3.83. The molecule has 1 aromatic carbocycles. The van der Waals surface area contributed by atoms with E-state index in [0.29, 0.717) is 6.04 Å². The molecule has 0 fully saturated rings. The molecule has 106 valence electrons. The number of fused-ring (bicyclic) bond motifs is 1. The van der Waals surface area contributed by atoms with E-state index in [4.69, 9.17) is 5.10 Å². The molecule has 0 amide bonds. The Bertz CT molecular complexity index is 601. The summed E-state index contributed by atoms with van der Waals surface area (Å²) in [5.41, 5.74) is 3.87. The van der Waals surface area contributed by atoms with Gasteiger partial charge >= 0.3 is 0 Å². The van der Waals surface area contributed by atoms with E-state index in [9.17, 15) is 0 Å². The van der Waals surface area contributed by atoms with Crippen molar-refractivity contribution < 1.29 is 0 Å². The lowest BCUT2D eigenvalue weighted by atomic mass is 10.0. The molecule has 1 unspecified atom stereocenters. The molecule has 2 heterocycles. The van der Waals surface area contributed by atoms with Gasteiger partial charge in [0, 0.05) is 6.54 Å². The van der Waals surface area contributed by atoms with Gasteiger partial charge in [-0.05, 0) is 46.3 Å². The first kappa shape index (κ1) is 13.7. The highest BCUT2D eigenvalue weighted by atomic mass is 79.9. The van der Waals surface area contributed by atoms with Gasteiger partial charge in [-0.25, -0.2) is 4.68 Å². The van der Waals surface area contributed by atoms with Crippen molar-refractivity contribution in [2.24, 2.45) is 0 Å². The fraction of sp³-hybridized carbons (Fsp3) is 0.438. The lowest BCUT2D eigenvalue weighted by Gasteiger charge is -2.26. The standard InChI is InChI=1S/C16H20BrN3/c1-3-11-5-7-12(8-6-11)14-9-10-18-16-15(17)13(4-2)19-20(14)16/h5-8,14,18H,3-4,9-10H2,1-2H3. The van der Waals surface area contributed by atoms with Crippen molar-refractivity contribution in [1.29, 1.82) is 0 Å². The molecule has 20 heavy (non-hydrogen) atoms. The summed E-state index contributed by atoms with van der Waals surface area (Å²) >= 11 is 3.67. The van der Waals surface area contributed by atoms with Crippen LogP contribution in [0.4, 0.5) is 5.82 Å². The third kappa shape index (κ3) is 2.26. The highest BCUT2D eigenvalue weighted by molar-refractivity contribution is 9.10. The molecule has 4 heteroatoms. The summed E-state index contributed by atoms with van der Waals surface area (Å²) in [4.78, 5) is 0. The third-order valence-electron chi connectivity index (χ3n) is 4.03. The predicted octanol–water partition coefficient (Wildman–Crippen LogP) is 4.18. The van der Waals surface area contributed by atoms with Crippen molar-refractivity contribution >= 4 is 21.7 Å². The topological polar surface area (TPSA) is 29.9 Å². The van der Waals surface area contributed by atoms with Crippen LogP contribution in [0.15, 0.2) is 28.7 Å². The Morgan fingerprint density at radius 3 is 2.65 bits per heavy atom. The van der Waals surface area contributed by atoms with E-state index in [1.165, 1.54) is 11.1 Å². The summed E-state index contributed by atoms with van der Waals surface area (Å²) in [6.45, 7) is 5.33. The van der Waals surface area contributed by atoms with Crippen molar-refractivity contribution in [3.8, 4) is 0 Å². The number of halogens is 1. The van der Waals surface area contributed by atoms with Gasteiger partial charge in [0.25, 0.3) is 0 Å². The van der Waals surface area contributed by atoms with Gasteiger partial charge in [0.05, 0.1) is 16.2 Å². The molecule has 1 aromatic heterocycles. The number of aromatic nitrogens is 2. The summed E-state index contributed by atoms with van der Waals surface area (Å²) in [5, 5.41) is 8.24. The number of anilines is 1. The van der Waals surface area contributed by atoms with Crippen LogP contribution in [-0.2, 0) is 12.8 Å². The maximum Gasteiger partial charge on any atom is 0.139 e. The number of nitrogens with zero attached hydrogens (tertiary/aromatic N) is 2. The molecular weight excluding hydrogens is 314 g/mol. The highest BCUT2D eigenvalue weighted by Crippen LogP contribution is 2.36. The molecule has 1 aliphatic heterocycles. The first-order chi connectivity index (χ1) is 9.74. The number of benzene rings is 1. The quantitative estimate of drug-likeness (QED) is 0.913. The number of hydrogen-bond donors (Lipinski definition) is 1.